The van der Waals surface area contributed by atoms with Crippen molar-refractivity contribution in [3.63, 3.8) is 0 Å². The lowest BCUT2D eigenvalue weighted by atomic mass is 9.90. The predicted molar refractivity (Wildman–Crippen MR) is 122 cm³/mol. The second kappa shape index (κ2) is 8.42. The molecule has 2 aliphatic heterocycles. The Hall–Kier alpha value is -3.55. The van der Waals surface area contributed by atoms with Crippen LogP contribution in [0.4, 0.5) is 5.69 Å². The molecule has 0 bridgehead atoms. The third-order valence-electron chi connectivity index (χ3n) is 6.02. The Morgan fingerprint density at radius 2 is 1.73 bits per heavy atom. The summed E-state index contributed by atoms with van der Waals surface area (Å²) in [5.74, 6) is -1.19. The second-order valence-corrected chi connectivity index (χ2v) is 8.41. The largest absolute Gasteiger partial charge is 0.504 e. The van der Waals surface area contributed by atoms with Crippen LogP contribution in [0.5, 0.6) is 11.5 Å². The average molecular weight is 465 g/mol. The highest BCUT2D eigenvalue weighted by atomic mass is 35.5. The number of carbonyl (C=O) groups excluding carboxylic acids is 2. The molecule has 0 unspecified atom stereocenters. The molecule has 7 nitrogen and oxygen atoms in total. The zero-order chi connectivity index (χ0) is 23.1. The fourth-order valence-corrected chi connectivity index (χ4v) is 4.55. The van der Waals surface area contributed by atoms with Crippen LogP contribution in [0.2, 0.25) is 5.02 Å². The minimum absolute atomic E-state index is 0.0192. The van der Waals surface area contributed by atoms with Crippen molar-refractivity contribution < 1.29 is 24.3 Å². The lowest BCUT2D eigenvalue weighted by molar-refractivity contribution is -0.143. The van der Waals surface area contributed by atoms with E-state index in [1.807, 2.05) is 30.3 Å². The molecular weight excluding hydrogens is 444 g/mol. The second-order valence-electron chi connectivity index (χ2n) is 7.98. The molecule has 0 aliphatic carbocycles. The Labute approximate surface area is 195 Å². The molecule has 33 heavy (non-hydrogen) atoms. The van der Waals surface area contributed by atoms with Crippen LogP contribution in [-0.2, 0) is 21.0 Å². The number of ether oxygens (including phenoxy) is 1. The van der Waals surface area contributed by atoms with Gasteiger partial charge in [0.2, 0.25) is 5.91 Å². The van der Waals surface area contributed by atoms with Crippen LogP contribution in [0.3, 0.4) is 0 Å². The van der Waals surface area contributed by atoms with Crippen molar-refractivity contribution in [1.29, 1.82) is 0 Å². The summed E-state index contributed by atoms with van der Waals surface area (Å²) in [6.45, 7) is 0.182. The van der Waals surface area contributed by atoms with E-state index in [4.69, 9.17) is 21.2 Å². The van der Waals surface area contributed by atoms with Gasteiger partial charge in [0.25, 0.3) is 5.91 Å². The molecule has 0 spiro atoms. The van der Waals surface area contributed by atoms with Gasteiger partial charge in [0.15, 0.2) is 17.6 Å². The molecule has 0 radical (unpaired) electrons. The number of hydrogen-bond donors (Lipinski definition) is 1. The molecule has 0 saturated carbocycles. The van der Waals surface area contributed by atoms with Crippen LogP contribution in [0.15, 0.2) is 72.8 Å². The summed E-state index contributed by atoms with van der Waals surface area (Å²) in [4.78, 5) is 34.2. The molecule has 2 saturated heterocycles. The summed E-state index contributed by atoms with van der Waals surface area (Å²) < 4.78 is 5.27. The number of hydrogen-bond acceptors (Lipinski definition) is 6. The van der Waals surface area contributed by atoms with Gasteiger partial charge in [-0.15, -0.1) is 0 Å². The number of imide groups is 1. The van der Waals surface area contributed by atoms with Crippen LogP contribution < -0.4 is 9.80 Å². The summed E-state index contributed by atoms with van der Waals surface area (Å²) in [6, 6.07) is 20.6. The first-order chi connectivity index (χ1) is 16.0. The smallest absolute Gasteiger partial charge is 0.262 e. The number of benzene rings is 3. The van der Waals surface area contributed by atoms with Crippen molar-refractivity contribution in [2.45, 2.75) is 18.7 Å². The number of likely N-dealkylation sites (tertiary alicyclic amines) is 1. The zero-order valence-corrected chi connectivity index (χ0v) is 18.5. The van der Waals surface area contributed by atoms with Crippen LogP contribution in [0.1, 0.15) is 17.2 Å². The number of halogens is 1. The van der Waals surface area contributed by atoms with Crippen molar-refractivity contribution in [2.75, 3.05) is 12.2 Å². The summed E-state index contributed by atoms with van der Waals surface area (Å²) in [5.41, 5.74) is 2.19. The van der Waals surface area contributed by atoms with Crippen molar-refractivity contribution in [2.24, 2.45) is 5.92 Å². The summed E-state index contributed by atoms with van der Waals surface area (Å²) in [7, 11) is 1.45. The van der Waals surface area contributed by atoms with Crippen molar-refractivity contribution in [3.05, 3.63) is 88.9 Å². The van der Waals surface area contributed by atoms with E-state index in [1.165, 1.54) is 18.1 Å². The summed E-state index contributed by atoms with van der Waals surface area (Å²) >= 11 is 6.05. The van der Waals surface area contributed by atoms with Gasteiger partial charge >= 0.3 is 0 Å². The number of nitrogens with zero attached hydrogens (tertiary/aromatic N) is 2. The molecule has 2 aliphatic rings. The highest BCUT2D eigenvalue weighted by Gasteiger charge is 2.59. The zero-order valence-electron chi connectivity index (χ0n) is 17.7. The third-order valence-corrected chi connectivity index (χ3v) is 6.27. The van der Waals surface area contributed by atoms with Crippen LogP contribution in [0.25, 0.3) is 0 Å². The molecule has 2 fully saturated rings. The normalized spacial score (nSPS) is 22.1. The quantitative estimate of drug-likeness (QED) is 0.573. The van der Waals surface area contributed by atoms with Crippen molar-refractivity contribution >= 4 is 29.1 Å². The van der Waals surface area contributed by atoms with E-state index in [2.05, 4.69) is 0 Å². The number of hydroxylamine groups is 1. The minimum atomic E-state index is -0.957. The van der Waals surface area contributed by atoms with Crippen LogP contribution >= 0.6 is 11.6 Å². The molecular formula is C25H21ClN2O5. The lowest BCUT2D eigenvalue weighted by Gasteiger charge is -2.29. The first kappa shape index (κ1) is 21.3. The SMILES string of the molecule is COc1cc([C@H]2[C@H]3C(=O)N(Cc4ccccc4)C(=O)[C@H]3ON2c2ccc(Cl)cc2)ccc1O. The molecule has 5 rings (SSSR count). The highest BCUT2D eigenvalue weighted by molar-refractivity contribution is 6.30. The maximum absolute atomic E-state index is 13.5. The van der Waals surface area contributed by atoms with E-state index in [9.17, 15) is 14.7 Å². The van der Waals surface area contributed by atoms with Gasteiger partial charge in [0.05, 0.1) is 25.4 Å². The van der Waals surface area contributed by atoms with Crippen molar-refractivity contribution in [1.82, 2.24) is 4.90 Å². The summed E-state index contributed by atoms with van der Waals surface area (Å²) in [6.07, 6.45) is -0.957. The van der Waals surface area contributed by atoms with Gasteiger partial charge in [0.1, 0.15) is 5.92 Å². The number of rotatable bonds is 5. The van der Waals surface area contributed by atoms with Gasteiger partial charge in [-0.05, 0) is 47.5 Å². The topological polar surface area (TPSA) is 79.3 Å². The van der Waals surface area contributed by atoms with Gasteiger partial charge in [0, 0.05) is 5.02 Å². The van der Waals surface area contributed by atoms with Crippen LogP contribution in [-0.4, -0.2) is 35.0 Å². The average Bonchev–Trinajstić information content (AvgIpc) is 3.33. The van der Waals surface area contributed by atoms with Gasteiger partial charge in [-0.2, -0.15) is 0 Å². The molecule has 2 amide bonds. The molecule has 2 heterocycles. The third kappa shape index (κ3) is 3.69. The van der Waals surface area contributed by atoms with Gasteiger partial charge in [-0.3, -0.25) is 19.3 Å². The Bertz CT molecular complexity index is 1200. The maximum atomic E-state index is 13.5. The molecule has 8 heteroatoms. The van der Waals surface area contributed by atoms with E-state index in [0.29, 0.717) is 16.3 Å². The molecule has 1 N–H and O–H groups in total. The maximum Gasteiger partial charge on any atom is 0.262 e. The predicted octanol–water partition coefficient (Wildman–Crippen LogP) is 4.10. The van der Waals surface area contributed by atoms with Gasteiger partial charge in [-0.25, -0.2) is 5.06 Å². The molecule has 3 atom stereocenters. The van der Waals surface area contributed by atoms with Gasteiger partial charge in [-0.1, -0.05) is 48.0 Å². The number of anilines is 1. The Balaban J connectivity index is 1.55. The number of fused-ring (bicyclic) bond motifs is 1. The number of phenols is 1. The monoisotopic (exact) mass is 464 g/mol. The minimum Gasteiger partial charge on any atom is -0.504 e. The molecule has 3 aromatic rings. The fourth-order valence-electron chi connectivity index (χ4n) is 4.42. The number of carbonyl (C=O) groups is 2. The number of phenolic OH excluding ortho intramolecular Hbond substituents is 1. The van der Waals surface area contributed by atoms with Crippen LogP contribution in [0, 0.1) is 5.92 Å². The summed E-state index contributed by atoms with van der Waals surface area (Å²) in [5, 5.41) is 12.2. The Kier molecular flexibility index (Phi) is 5.44. The van der Waals surface area contributed by atoms with E-state index >= 15 is 0 Å². The van der Waals surface area contributed by atoms with Crippen molar-refractivity contribution in [3.8, 4) is 11.5 Å². The molecule has 0 aromatic heterocycles. The number of aromatic hydroxyl groups is 1. The molecule has 3 aromatic carbocycles. The number of methoxy groups -OCH3 is 1. The first-order valence-corrected chi connectivity index (χ1v) is 10.8. The van der Waals surface area contributed by atoms with E-state index in [0.717, 1.165) is 5.56 Å². The molecule has 168 valence electrons. The standard InChI is InChI=1S/C25H21ClN2O5/c1-32-20-13-16(7-12-19(20)29)22-21-23(33-28(22)18-10-8-17(26)9-11-18)25(31)27(24(21)30)14-15-5-3-2-4-6-15/h2-13,21-23,29H,14H2,1H3/t21-,22+,23+/m1/s1. The Morgan fingerprint density at radius 3 is 2.42 bits per heavy atom. The number of amides is 2. The Morgan fingerprint density at radius 1 is 1.00 bits per heavy atom. The van der Waals surface area contributed by atoms with Gasteiger partial charge < -0.3 is 9.84 Å². The van der Waals surface area contributed by atoms with E-state index < -0.39 is 18.1 Å². The van der Waals surface area contributed by atoms with E-state index in [1.54, 1.807) is 41.5 Å². The highest BCUT2D eigenvalue weighted by Crippen LogP contribution is 2.48. The lowest BCUT2D eigenvalue weighted by Crippen LogP contribution is -2.36. The van der Waals surface area contributed by atoms with E-state index in [-0.39, 0.29) is 29.9 Å². The fraction of sp³-hybridized carbons (Fsp3) is 0.200. The first-order valence-electron chi connectivity index (χ1n) is 10.5.